The SMILES string of the molecule is COc1cc(C=Nn2c(-c3cc4c(OC)cccc4o3)nc3ccccc3c2=O)c(Br)c(Br)c1OCc1ccc(Cl)cc1Cl. The minimum absolute atomic E-state index is 0.175. The molecule has 0 saturated heterocycles. The zero-order chi connectivity index (χ0) is 31.0. The second-order valence-corrected chi connectivity index (χ2v) is 11.9. The number of fused-ring (bicyclic) bond motifs is 2. The molecule has 2 heterocycles. The van der Waals surface area contributed by atoms with E-state index in [1.165, 1.54) is 18.0 Å². The van der Waals surface area contributed by atoms with Crippen LogP contribution in [-0.4, -0.2) is 30.1 Å². The molecule has 12 heteroatoms. The number of ether oxygens (including phenoxy) is 3. The van der Waals surface area contributed by atoms with Crippen molar-refractivity contribution in [2.45, 2.75) is 6.61 Å². The van der Waals surface area contributed by atoms with Crippen molar-refractivity contribution in [1.82, 2.24) is 9.66 Å². The maximum Gasteiger partial charge on any atom is 0.282 e. The summed E-state index contributed by atoms with van der Waals surface area (Å²) in [4.78, 5) is 18.5. The summed E-state index contributed by atoms with van der Waals surface area (Å²) in [5, 5.41) is 6.76. The Morgan fingerprint density at radius 1 is 0.932 bits per heavy atom. The van der Waals surface area contributed by atoms with E-state index in [2.05, 4.69) is 37.0 Å². The van der Waals surface area contributed by atoms with Gasteiger partial charge in [0.2, 0.25) is 5.82 Å². The van der Waals surface area contributed by atoms with Crippen molar-refractivity contribution in [2.24, 2.45) is 5.10 Å². The highest BCUT2D eigenvalue weighted by molar-refractivity contribution is 9.13. The summed E-state index contributed by atoms with van der Waals surface area (Å²) in [7, 11) is 3.12. The van der Waals surface area contributed by atoms with Gasteiger partial charge in [0, 0.05) is 25.6 Å². The molecule has 0 fully saturated rings. The van der Waals surface area contributed by atoms with E-state index in [1.54, 1.807) is 55.6 Å². The molecule has 6 rings (SSSR count). The van der Waals surface area contributed by atoms with Gasteiger partial charge in [-0.05, 0) is 80.4 Å². The Morgan fingerprint density at radius 3 is 2.50 bits per heavy atom. The number of benzene rings is 4. The van der Waals surface area contributed by atoms with Gasteiger partial charge in [0.05, 0.1) is 41.2 Å². The molecule has 0 radical (unpaired) electrons. The summed E-state index contributed by atoms with van der Waals surface area (Å²) >= 11 is 19.6. The molecule has 4 aromatic carbocycles. The number of hydrogen-bond donors (Lipinski definition) is 0. The molecule has 44 heavy (non-hydrogen) atoms. The fourth-order valence-corrected chi connectivity index (χ4v) is 6.00. The summed E-state index contributed by atoms with van der Waals surface area (Å²) in [6.07, 6.45) is 1.53. The molecule has 0 bridgehead atoms. The van der Waals surface area contributed by atoms with Crippen LogP contribution in [0.3, 0.4) is 0 Å². The second-order valence-electron chi connectivity index (χ2n) is 9.45. The first-order valence-corrected chi connectivity index (χ1v) is 15.4. The molecule has 8 nitrogen and oxygen atoms in total. The van der Waals surface area contributed by atoms with E-state index < -0.39 is 0 Å². The molecule has 0 atom stereocenters. The van der Waals surface area contributed by atoms with Gasteiger partial charge < -0.3 is 18.6 Å². The van der Waals surface area contributed by atoms with Gasteiger partial charge in [0.25, 0.3) is 5.56 Å². The minimum Gasteiger partial charge on any atom is -0.496 e. The Hall–Kier alpha value is -3.83. The van der Waals surface area contributed by atoms with Crippen LogP contribution >= 0.6 is 55.1 Å². The summed E-state index contributed by atoms with van der Waals surface area (Å²) in [6.45, 7) is 0.175. The third kappa shape index (κ3) is 5.70. The van der Waals surface area contributed by atoms with E-state index in [4.69, 9.17) is 46.8 Å². The van der Waals surface area contributed by atoms with Crippen LogP contribution in [0, 0.1) is 0 Å². The van der Waals surface area contributed by atoms with Crippen LogP contribution in [-0.2, 0) is 6.61 Å². The highest BCUT2D eigenvalue weighted by atomic mass is 79.9. The van der Waals surface area contributed by atoms with Crippen molar-refractivity contribution in [3.63, 3.8) is 0 Å². The van der Waals surface area contributed by atoms with Crippen molar-refractivity contribution in [2.75, 3.05) is 14.2 Å². The number of furan rings is 1. The largest absolute Gasteiger partial charge is 0.496 e. The van der Waals surface area contributed by atoms with Gasteiger partial charge in [-0.25, -0.2) is 4.98 Å². The molecule has 0 spiro atoms. The van der Waals surface area contributed by atoms with E-state index >= 15 is 0 Å². The summed E-state index contributed by atoms with van der Waals surface area (Å²) in [6, 6.07) is 21.3. The Bertz CT molecular complexity index is 2150. The first-order valence-electron chi connectivity index (χ1n) is 13.0. The minimum atomic E-state index is -0.365. The zero-order valence-corrected chi connectivity index (χ0v) is 27.8. The molecular weight excluding hydrogens is 737 g/mol. The van der Waals surface area contributed by atoms with Crippen LogP contribution in [0.4, 0.5) is 0 Å². The molecule has 0 aliphatic heterocycles. The third-order valence-corrected chi connectivity index (χ3v) is 9.52. The van der Waals surface area contributed by atoms with Gasteiger partial charge in [0.15, 0.2) is 17.3 Å². The highest BCUT2D eigenvalue weighted by Crippen LogP contribution is 2.43. The van der Waals surface area contributed by atoms with Crippen molar-refractivity contribution in [3.05, 3.63) is 113 Å². The zero-order valence-electron chi connectivity index (χ0n) is 23.1. The van der Waals surface area contributed by atoms with E-state index in [0.29, 0.717) is 64.0 Å². The molecule has 6 aromatic rings. The number of rotatable bonds is 8. The molecule has 0 saturated carbocycles. The lowest BCUT2D eigenvalue weighted by molar-refractivity contribution is 0.282. The van der Waals surface area contributed by atoms with Crippen LogP contribution in [0.2, 0.25) is 10.0 Å². The monoisotopic (exact) mass is 755 g/mol. The average Bonchev–Trinajstić information content (AvgIpc) is 3.47. The van der Waals surface area contributed by atoms with E-state index in [0.717, 1.165) is 10.9 Å². The molecule has 2 aromatic heterocycles. The molecule has 0 aliphatic carbocycles. The normalized spacial score (nSPS) is 11.5. The van der Waals surface area contributed by atoms with Crippen LogP contribution in [0.1, 0.15) is 11.1 Å². The number of methoxy groups -OCH3 is 2. The van der Waals surface area contributed by atoms with Crippen LogP contribution < -0.4 is 19.8 Å². The summed E-state index contributed by atoms with van der Waals surface area (Å²) in [5.74, 6) is 2.10. The first-order chi connectivity index (χ1) is 21.3. The Labute approximate surface area is 278 Å². The molecule has 0 amide bonds. The predicted molar refractivity (Wildman–Crippen MR) is 180 cm³/mol. The van der Waals surface area contributed by atoms with E-state index in [-0.39, 0.29) is 18.0 Å². The maximum absolute atomic E-state index is 13.7. The number of halogens is 4. The van der Waals surface area contributed by atoms with Crippen LogP contribution in [0.25, 0.3) is 33.5 Å². The smallest absolute Gasteiger partial charge is 0.282 e. The molecule has 0 aliphatic rings. The first kappa shape index (κ1) is 30.2. The topological polar surface area (TPSA) is 88.1 Å². The molecule has 0 unspecified atom stereocenters. The summed E-state index contributed by atoms with van der Waals surface area (Å²) in [5.41, 5.74) is 2.09. The van der Waals surface area contributed by atoms with Crippen LogP contribution in [0.15, 0.2) is 96.1 Å². The third-order valence-electron chi connectivity index (χ3n) is 6.79. The lowest BCUT2D eigenvalue weighted by Gasteiger charge is -2.16. The number of para-hydroxylation sites is 1. The lowest BCUT2D eigenvalue weighted by Crippen LogP contribution is -2.20. The van der Waals surface area contributed by atoms with Gasteiger partial charge in [-0.2, -0.15) is 9.78 Å². The van der Waals surface area contributed by atoms with Crippen LogP contribution in [0.5, 0.6) is 17.2 Å². The van der Waals surface area contributed by atoms with E-state index in [1.807, 2.05) is 24.3 Å². The van der Waals surface area contributed by atoms with Gasteiger partial charge >= 0.3 is 0 Å². The standard InChI is InChI=1S/C32H21Br2Cl2N3O5/c1-41-24-8-5-9-25-21(24)14-27(44-25)31-38-23-7-4-3-6-20(23)32(40)39(31)37-15-18-12-26(42-2)30(29(34)28(18)33)43-16-17-10-11-19(35)13-22(17)36/h3-15H,16H2,1-2H3. The maximum atomic E-state index is 13.7. The van der Waals surface area contributed by atoms with Crippen molar-refractivity contribution in [1.29, 1.82) is 0 Å². The average molecular weight is 758 g/mol. The van der Waals surface area contributed by atoms with E-state index in [9.17, 15) is 4.79 Å². The number of nitrogens with zero attached hydrogens (tertiary/aromatic N) is 3. The lowest BCUT2D eigenvalue weighted by atomic mass is 10.2. The van der Waals surface area contributed by atoms with Gasteiger partial charge in [-0.3, -0.25) is 4.79 Å². The number of hydrogen-bond acceptors (Lipinski definition) is 7. The van der Waals surface area contributed by atoms with Crippen molar-refractivity contribution < 1.29 is 18.6 Å². The quantitative estimate of drug-likeness (QED) is 0.144. The predicted octanol–water partition coefficient (Wildman–Crippen LogP) is 9.12. The molecule has 0 N–H and O–H groups in total. The fraction of sp³-hybridized carbons (Fsp3) is 0.0938. The fourth-order valence-electron chi connectivity index (χ4n) is 4.61. The van der Waals surface area contributed by atoms with Crippen molar-refractivity contribution in [3.8, 4) is 28.8 Å². The highest BCUT2D eigenvalue weighted by Gasteiger charge is 2.20. The van der Waals surface area contributed by atoms with Crippen molar-refractivity contribution >= 4 is 83.1 Å². The molecular formula is C32H21Br2Cl2N3O5. The van der Waals surface area contributed by atoms with Gasteiger partial charge in [-0.1, -0.05) is 47.5 Å². The number of aromatic nitrogens is 2. The molecule has 222 valence electrons. The summed E-state index contributed by atoms with van der Waals surface area (Å²) < 4.78 is 25.8. The van der Waals surface area contributed by atoms with Gasteiger partial charge in [0.1, 0.15) is 17.9 Å². The second kappa shape index (κ2) is 12.6. The Balaban J connectivity index is 1.43. The Morgan fingerprint density at radius 2 is 1.73 bits per heavy atom. The van der Waals surface area contributed by atoms with Gasteiger partial charge in [-0.15, -0.1) is 0 Å². The Kier molecular flexibility index (Phi) is 8.68.